The van der Waals surface area contributed by atoms with E-state index in [1.165, 1.54) is 10.5 Å². The van der Waals surface area contributed by atoms with Gasteiger partial charge < -0.3 is 0 Å². The molecule has 2 aromatic rings. The molecule has 1 aliphatic heterocycles. The van der Waals surface area contributed by atoms with Crippen molar-refractivity contribution in [2.45, 2.75) is 31.6 Å². The predicted octanol–water partition coefficient (Wildman–Crippen LogP) is 4.70. The zero-order valence-electron chi connectivity index (χ0n) is 14.1. The highest BCUT2D eigenvalue weighted by Crippen LogP contribution is 2.48. The Morgan fingerprint density at radius 2 is 1.60 bits per heavy atom. The zero-order chi connectivity index (χ0) is 17.6. The topological polar surface area (TPSA) is 37.4 Å². The second kappa shape index (κ2) is 6.10. The van der Waals surface area contributed by atoms with Crippen LogP contribution in [0.25, 0.3) is 0 Å². The average Bonchev–Trinajstić information content (AvgIpc) is 2.87. The maximum Gasteiger partial charge on any atom is 0.237 e. The minimum atomic E-state index is -0.213. The number of halogens is 1. The van der Waals surface area contributed by atoms with E-state index in [1.807, 2.05) is 42.5 Å². The second-order valence-electron chi connectivity index (χ2n) is 7.37. The molecule has 0 spiro atoms. The van der Waals surface area contributed by atoms with Gasteiger partial charge in [-0.2, -0.15) is 0 Å². The summed E-state index contributed by atoms with van der Waals surface area (Å²) in [6.07, 6.45) is 2.44. The van der Waals surface area contributed by atoms with E-state index in [0.717, 1.165) is 23.7 Å². The van der Waals surface area contributed by atoms with Crippen molar-refractivity contribution in [3.05, 3.63) is 64.6 Å². The standard InChI is InChI=1S/C21H20BrNO2/c1-21(14-5-3-2-4-6-14)12-11-17-18(13-21)20(25)23(19(17)24)16-9-7-15(22)8-10-16/h2-10,17-18H,11-13H2,1H3/t17-,18-,21+/m1/s1. The fourth-order valence-electron chi connectivity index (χ4n) is 4.35. The van der Waals surface area contributed by atoms with Crippen molar-refractivity contribution in [1.29, 1.82) is 0 Å². The maximum atomic E-state index is 13.0. The van der Waals surface area contributed by atoms with E-state index in [2.05, 4.69) is 35.0 Å². The Morgan fingerprint density at radius 1 is 0.960 bits per heavy atom. The molecule has 0 N–H and O–H groups in total. The van der Waals surface area contributed by atoms with Crippen LogP contribution in [0.3, 0.4) is 0 Å². The first-order chi connectivity index (χ1) is 12.0. The van der Waals surface area contributed by atoms with Gasteiger partial charge in [-0.15, -0.1) is 0 Å². The van der Waals surface area contributed by atoms with Gasteiger partial charge in [-0.3, -0.25) is 14.5 Å². The molecule has 0 bridgehead atoms. The van der Waals surface area contributed by atoms with E-state index in [1.54, 1.807) is 0 Å². The molecule has 2 aromatic carbocycles. The van der Waals surface area contributed by atoms with Crippen LogP contribution in [0.15, 0.2) is 59.1 Å². The third kappa shape index (κ3) is 2.73. The Morgan fingerprint density at radius 3 is 2.28 bits per heavy atom. The van der Waals surface area contributed by atoms with Gasteiger partial charge in [0.15, 0.2) is 0 Å². The number of amides is 2. The van der Waals surface area contributed by atoms with E-state index in [-0.39, 0.29) is 29.1 Å². The number of carbonyl (C=O) groups excluding carboxylic acids is 2. The first-order valence-corrected chi connectivity index (χ1v) is 9.48. The molecule has 4 heteroatoms. The molecule has 3 nitrogen and oxygen atoms in total. The Kier molecular flexibility index (Phi) is 4.03. The fourth-order valence-corrected chi connectivity index (χ4v) is 4.61. The highest BCUT2D eigenvalue weighted by molar-refractivity contribution is 9.10. The van der Waals surface area contributed by atoms with E-state index >= 15 is 0 Å². The number of hydrogen-bond donors (Lipinski definition) is 0. The number of imide groups is 1. The molecule has 2 aliphatic rings. The summed E-state index contributed by atoms with van der Waals surface area (Å²) in [5.41, 5.74) is 1.89. The van der Waals surface area contributed by atoms with E-state index in [0.29, 0.717) is 5.69 Å². The van der Waals surface area contributed by atoms with Gasteiger partial charge in [-0.25, -0.2) is 0 Å². The molecule has 3 atom stereocenters. The molecule has 0 aromatic heterocycles. The van der Waals surface area contributed by atoms with Crippen LogP contribution in [0, 0.1) is 11.8 Å². The van der Waals surface area contributed by atoms with Crippen molar-refractivity contribution in [2.24, 2.45) is 11.8 Å². The molecule has 1 aliphatic carbocycles. The minimum Gasteiger partial charge on any atom is -0.274 e. The highest BCUT2D eigenvalue weighted by atomic mass is 79.9. The van der Waals surface area contributed by atoms with Gasteiger partial charge in [0, 0.05) is 4.47 Å². The quantitative estimate of drug-likeness (QED) is 0.688. The highest BCUT2D eigenvalue weighted by Gasteiger charge is 2.53. The number of anilines is 1. The van der Waals surface area contributed by atoms with Crippen molar-refractivity contribution in [3.8, 4) is 0 Å². The van der Waals surface area contributed by atoms with Gasteiger partial charge in [-0.05, 0) is 54.5 Å². The number of fused-ring (bicyclic) bond motifs is 1. The first kappa shape index (κ1) is 16.5. The average molecular weight is 398 g/mol. The number of rotatable bonds is 2. The van der Waals surface area contributed by atoms with E-state index < -0.39 is 0 Å². The lowest BCUT2D eigenvalue weighted by molar-refractivity contribution is -0.122. The molecule has 128 valence electrons. The molecular weight excluding hydrogens is 378 g/mol. The van der Waals surface area contributed by atoms with Crippen LogP contribution in [0.1, 0.15) is 31.7 Å². The van der Waals surface area contributed by atoms with Crippen molar-refractivity contribution in [3.63, 3.8) is 0 Å². The summed E-state index contributed by atoms with van der Waals surface area (Å²) in [5.74, 6) is -0.463. The Balaban J connectivity index is 1.64. The van der Waals surface area contributed by atoms with Crippen LogP contribution in [-0.4, -0.2) is 11.8 Å². The summed E-state index contributed by atoms with van der Waals surface area (Å²) in [5, 5.41) is 0. The molecule has 25 heavy (non-hydrogen) atoms. The smallest absolute Gasteiger partial charge is 0.237 e. The minimum absolute atomic E-state index is 0.0348. The van der Waals surface area contributed by atoms with Gasteiger partial charge in [0.25, 0.3) is 0 Å². The summed E-state index contributed by atoms with van der Waals surface area (Å²) >= 11 is 3.40. The fraction of sp³-hybridized carbons (Fsp3) is 0.333. The van der Waals surface area contributed by atoms with Crippen molar-refractivity contribution >= 4 is 33.4 Å². The number of nitrogens with zero attached hydrogens (tertiary/aromatic N) is 1. The molecule has 0 unspecified atom stereocenters. The van der Waals surface area contributed by atoms with Crippen LogP contribution in [0.4, 0.5) is 5.69 Å². The lowest BCUT2D eigenvalue weighted by atomic mass is 9.64. The number of benzene rings is 2. The lowest BCUT2D eigenvalue weighted by Crippen LogP contribution is -2.36. The molecule has 1 saturated carbocycles. The SMILES string of the molecule is C[C@]1(c2ccccc2)CC[C@H]2C(=O)N(c3ccc(Br)cc3)C(=O)[C@@H]2C1. The van der Waals surface area contributed by atoms with Crippen LogP contribution >= 0.6 is 15.9 Å². The third-order valence-electron chi connectivity index (χ3n) is 5.79. The van der Waals surface area contributed by atoms with E-state index in [4.69, 9.17) is 0 Å². The summed E-state index contributed by atoms with van der Waals surface area (Å²) in [4.78, 5) is 27.3. The normalized spacial score (nSPS) is 29.0. The van der Waals surface area contributed by atoms with Crippen molar-refractivity contribution < 1.29 is 9.59 Å². The maximum absolute atomic E-state index is 13.0. The van der Waals surface area contributed by atoms with Crippen LogP contribution in [0.2, 0.25) is 0 Å². The molecule has 2 amide bonds. The Hall–Kier alpha value is -1.94. The third-order valence-corrected chi connectivity index (χ3v) is 6.32. The second-order valence-corrected chi connectivity index (χ2v) is 8.29. The van der Waals surface area contributed by atoms with Crippen LogP contribution in [0.5, 0.6) is 0 Å². The Bertz CT molecular complexity index is 818. The van der Waals surface area contributed by atoms with Crippen molar-refractivity contribution in [1.82, 2.24) is 0 Å². The van der Waals surface area contributed by atoms with Gasteiger partial charge in [0.2, 0.25) is 11.8 Å². The number of hydrogen-bond acceptors (Lipinski definition) is 2. The monoisotopic (exact) mass is 397 g/mol. The van der Waals surface area contributed by atoms with Gasteiger partial charge >= 0.3 is 0 Å². The van der Waals surface area contributed by atoms with Crippen LogP contribution in [-0.2, 0) is 15.0 Å². The Labute approximate surface area is 156 Å². The molecule has 0 radical (unpaired) electrons. The lowest BCUT2D eigenvalue weighted by Gasteiger charge is -2.38. The molecule has 1 heterocycles. The summed E-state index contributed by atoms with van der Waals surface area (Å²) in [6, 6.07) is 17.8. The van der Waals surface area contributed by atoms with Gasteiger partial charge in [-0.1, -0.05) is 53.2 Å². The van der Waals surface area contributed by atoms with Gasteiger partial charge in [0.1, 0.15) is 0 Å². The predicted molar refractivity (Wildman–Crippen MR) is 101 cm³/mol. The molecule has 2 fully saturated rings. The van der Waals surface area contributed by atoms with E-state index in [9.17, 15) is 9.59 Å². The molecule has 4 rings (SSSR count). The summed E-state index contributed by atoms with van der Waals surface area (Å²) in [6.45, 7) is 2.22. The first-order valence-electron chi connectivity index (χ1n) is 8.68. The summed E-state index contributed by atoms with van der Waals surface area (Å²) < 4.78 is 0.935. The number of carbonyl (C=O) groups is 2. The largest absolute Gasteiger partial charge is 0.274 e. The zero-order valence-corrected chi connectivity index (χ0v) is 15.7. The van der Waals surface area contributed by atoms with Crippen LogP contribution < -0.4 is 4.90 Å². The van der Waals surface area contributed by atoms with Gasteiger partial charge in [0.05, 0.1) is 17.5 Å². The summed E-state index contributed by atoms with van der Waals surface area (Å²) in [7, 11) is 0. The molecule has 1 saturated heterocycles. The van der Waals surface area contributed by atoms with Crippen molar-refractivity contribution in [2.75, 3.05) is 4.90 Å². The molecular formula is C21H20BrNO2.